The third kappa shape index (κ3) is 4.75. The molecule has 0 aromatic heterocycles. The van der Waals surface area contributed by atoms with E-state index in [9.17, 15) is 23.1 Å². The molecule has 1 atom stereocenters. The Kier molecular flexibility index (Phi) is 5.79. The molecule has 1 amide bonds. The molecule has 1 fully saturated rings. The van der Waals surface area contributed by atoms with Crippen LogP contribution in [0.3, 0.4) is 0 Å². The van der Waals surface area contributed by atoms with Gasteiger partial charge < -0.3 is 15.3 Å². The molecule has 2 aromatic carbocycles. The standard InChI is InChI=1S/C20H22F3N3O2/c1-14(19(28)24-16-4-2-3-15(13-16)20(21,22)23)25-9-11-26(12-10-25)17-5-7-18(27)8-6-17/h2-8,13-14,27H,9-12H2,1H3,(H,24,28)/t14-/m0/s1. The monoisotopic (exact) mass is 393 g/mol. The number of phenols is 1. The number of halogens is 3. The van der Waals surface area contributed by atoms with Gasteiger partial charge in [0, 0.05) is 37.6 Å². The van der Waals surface area contributed by atoms with E-state index in [1.165, 1.54) is 12.1 Å². The number of piperazine rings is 1. The average Bonchev–Trinajstić information content (AvgIpc) is 2.68. The van der Waals surface area contributed by atoms with Gasteiger partial charge in [-0.1, -0.05) is 6.07 Å². The van der Waals surface area contributed by atoms with Crippen LogP contribution in [0.15, 0.2) is 48.5 Å². The van der Waals surface area contributed by atoms with Gasteiger partial charge in [0.15, 0.2) is 0 Å². The number of carbonyl (C=O) groups is 1. The fourth-order valence-electron chi connectivity index (χ4n) is 3.22. The van der Waals surface area contributed by atoms with E-state index in [2.05, 4.69) is 10.2 Å². The lowest BCUT2D eigenvalue weighted by Gasteiger charge is -2.38. The van der Waals surface area contributed by atoms with Gasteiger partial charge in [-0.3, -0.25) is 9.69 Å². The van der Waals surface area contributed by atoms with Gasteiger partial charge in [-0.15, -0.1) is 0 Å². The molecule has 0 radical (unpaired) electrons. The van der Waals surface area contributed by atoms with Gasteiger partial charge in [0.25, 0.3) is 0 Å². The van der Waals surface area contributed by atoms with Crippen molar-refractivity contribution < 1.29 is 23.1 Å². The number of anilines is 2. The largest absolute Gasteiger partial charge is 0.508 e. The van der Waals surface area contributed by atoms with E-state index in [0.717, 1.165) is 17.8 Å². The first kappa shape index (κ1) is 20.0. The Labute approximate surface area is 161 Å². The van der Waals surface area contributed by atoms with E-state index in [1.807, 2.05) is 17.0 Å². The van der Waals surface area contributed by atoms with Crippen LogP contribution in [-0.4, -0.2) is 48.1 Å². The van der Waals surface area contributed by atoms with Crippen LogP contribution >= 0.6 is 0 Å². The van der Waals surface area contributed by atoms with Crippen LogP contribution in [-0.2, 0) is 11.0 Å². The Balaban J connectivity index is 1.57. The Morgan fingerprint density at radius 2 is 1.71 bits per heavy atom. The molecule has 3 rings (SSSR count). The Morgan fingerprint density at radius 3 is 2.32 bits per heavy atom. The summed E-state index contributed by atoms with van der Waals surface area (Å²) in [6.45, 7) is 4.48. The molecule has 0 saturated carbocycles. The summed E-state index contributed by atoms with van der Waals surface area (Å²) >= 11 is 0. The molecule has 150 valence electrons. The highest BCUT2D eigenvalue weighted by molar-refractivity contribution is 5.94. The van der Waals surface area contributed by atoms with E-state index in [-0.39, 0.29) is 17.3 Å². The summed E-state index contributed by atoms with van der Waals surface area (Å²) in [7, 11) is 0. The lowest BCUT2D eigenvalue weighted by molar-refractivity contribution is -0.137. The Hall–Kier alpha value is -2.74. The van der Waals surface area contributed by atoms with Crippen molar-refractivity contribution in [1.82, 2.24) is 4.90 Å². The maximum Gasteiger partial charge on any atom is 0.416 e. The number of carbonyl (C=O) groups excluding carboxylic acids is 1. The number of hydrogen-bond donors (Lipinski definition) is 2. The molecule has 0 bridgehead atoms. The predicted octanol–water partition coefficient (Wildman–Crippen LogP) is 3.56. The lowest BCUT2D eigenvalue weighted by Crippen LogP contribution is -2.52. The van der Waals surface area contributed by atoms with Crippen molar-refractivity contribution in [2.24, 2.45) is 0 Å². The van der Waals surface area contributed by atoms with E-state index in [4.69, 9.17) is 0 Å². The quantitative estimate of drug-likeness (QED) is 0.834. The fourth-order valence-corrected chi connectivity index (χ4v) is 3.22. The van der Waals surface area contributed by atoms with Crippen LogP contribution in [0.25, 0.3) is 0 Å². The molecule has 8 heteroatoms. The van der Waals surface area contributed by atoms with Crippen LogP contribution in [0, 0.1) is 0 Å². The molecule has 1 aliphatic rings. The van der Waals surface area contributed by atoms with Crippen LogP contribution in [0.1, 0.15) is 12.5 Å². The number of nitrogens with one attached hydrogen (secondary N) is 1. The molecule has 28 heavy (non-hydrogen) atoms. The second-order valence-electron chi connectivity index (χ2n) is 6.78. The van der Waals surface area contributed by atoms with Gasteiger partial charge in [0.1, 0.15) is 5.75 Å². The van der Waals surface area contributed by atoms with Gasteiger partial charge in [-0.05, 0) is 49.4 Å². The highest BCUT2D eigenvalue weighted by atomic mass is 19.4. The minimum absolute atomic E-state index is 0.134. The predicted molar refractivity (Wildman–Crippen MR) is 101 cm³/mol. The first-order chi connectivity index (χ1) is 13.2. The fraction of sp³-hybridized carbons (Fsp3) is 0.350. The number of phenolic OH excluding ortho intramolecular Hbond substituents is 1. The first-order valence-electron chi connectivity index (χ1n) is 9.00. The number of benzene rings is 2. The summed E-state index contributed by atoms with van der Waals surface area (Å²) in [6.07, 6.45) is -4.45. The molecular formula is C20H22F3N3O2. The summed E-state index contributed by atoms with van der Waals surface area (Å²) in [5, 5.41) is 12.0. The number of nitrogens with zero attached hydrogens (tertiary/aromatic N) is 2. The zero-order valence-corrected chi connectivity index (χ0v) is 15.4. The van der Waals surface area contributed by atoms with Crippen molar-refractivity contribution in [3.05, 3.63) is 54.1 Å². The second kappa shape index (κ2) is 8.10. The summed E-state index contributed by atoms with van der Waals surface area (Å²) < 4.78 is 38.4. The minimum atomic E-state index is -4.45. The van der Waals surface area contributed by atoms with E-state index in [0.29, 0.717) is 26.2 Å². The van der Waals surface area contributed by atoms with Crippen molar-refractivity contribution >= 4 is 17.3 Å². The average molecular weight is 393 g/mol. The summed E-state index contributed by atoms with van der Waals surface area (Å²) in [4.78, 5) is 16.6. The van der Waals surface area contributed by atoms with E-state index in [1.54, 1.807) is 19.1 Å². The number of aromatic hydroxyl groups is 1. The number of hydrogen-bond acceptors (Lipinski definition) is 4. The first-order valence-corrected chi connectivity index (χ1v) is 9.00. The molecule has 1 heterocycles. The van der Waals surface area contributed by atoms with Crippen LogP contribution in [0.2, 0.25) is 0 Å². The SMILES string of the molecule is C[C@@H](C(=O)Nc1cccc(C(F)(F)F)c1)N1CCN(c2ccc(O)cc2)CC1. The maximum atomic E-state index is 12.8. The molecule has 1 aliphatic heterocycles. The van der Waals surface area contributed by atoms with E-state index >= 15 is 0 Å². The highest BCUT2D eigenvalue weighted by Crippen LogP contribution is 2.30. The third-order valence-electron chi connectivity index (χ3n) is 4.91. The number of alkyl halides is 3. The third-order valence-corrected chi connectivity index (χ3v) is 4.91. The molecule has 0 unspecified atom stereocenters. The van der Waals surface area contributed by atoms with E-state index < -0.39 is 17.8 Å². The minimum Gasteiger partial charge on any atom is -0.508 e. The summed E-state index contributed by atoms with van der Waals surface area (Å²) in [5.41, 5.74) is 0.341. The highest BCUT2D eigenvalue weighted by Gasteiger charge is 2.31. The smallest absolute Gasteiger partial charge is 0.416 e. The van der Waals surface area contributed by atoms with Crippen LogP contribution in [0.5, 0.6) is 5.75 Å². The topological polar surface area (TPSA) is 55.8 Å². The van der Waals surface area contributed by atoms with Crippen molar-refractivity contribution in [3.8, 4) is 5.75 Å². The molecule has 1 saturated heterocycles. The Morgan fingerprint density at radius 1 is 1.07 bits per heavy atom. The molecule has 0 aliphatic carbocycles. The second-order valence-corrected chi connectivity index (χ2v) is 6.78. The molecule has 2 aromatic rings. The van der Waals surface area contributed by atoms with Gasteiger partial charge in [-0.25, -0.2) is 0 Å². The molecule has 2 N–H and O–H groups in total. The summed E-state index contributed by atoms with van der Waals surface area (Å²) in [5.74, 6) is -0.125. The lowest BCUT2D eigenvalue weighted by atomic mass is 10.1. The van der Waals surface area contributed by atoms with Gasteiger partial charge >= 0.3 is 6.18 Å². The normalized spacial score (nSPS) is 16.6. The Bertz CT molecular complexity index is 816. The van der Waals surface area contributed by atoms with Gasteiger partial charge in [0.05, 0.1) is 11.6 Å². The molecular weight excluding hydrogens is 371 g/mol. The van der Waals surface area contributed by atoms with Crippen molar-refractivity contribution in [1.29, 1.82) is 0 Å². The van der Waals surface area contributed by atoms with Gasteiger partial charge in [-0.2, -0.15) is 13.2 Å². The zero-order chi connectivity index (χ0) is 20.3. The maximum absolute atomic E-state index is 12.8. The number of rotatable bonds is 4. The molecule has 0 spiro atoms. The van der Waals surface area contributed by atoms with Gasteiger partial charge in [0.2, 0.25) is 5.91 Å². The number of amides is 1. The van der Waals surface area contributed by atoms with Crippen molar-refractivity contribution in [3.63, 3.8) is 0 Å². The zero-order valence-electron chi connectivity index (χ0n) is 15.4. The van der Waals surface area contributed by atoms with Crippen molar-refractivity contribution in [2.75, 3.05) is 36.4 Å². The summed E-state index contributed by atoms with van der Waals surface area (Å²) in [6, 6.07) is 11.1. The van der Waals surface area contributed by atoms with Crippen LogP contribution < -0.4 is 10.2 Å². The van der Waals surface area contributed by atoms with Crippen molar-refractivity contribution in [2.45, 2.75) is 19.1 Å². The molecule has 5 nitrogen and oxygen atoms in total. The van der Waals surface area contributed by atoms with Crippen LogP contribution in [0.4, 0.5) is 24.5 Å².